The topological polar surface area (TPSA) is 0 Å². The molecular weight excluding hydrogens is 649 g/mol. The predicted molar refractivity (Wildman–Crippen MR) is 231 cm³/mol. The lowest BCUT2D eigenvalue weighted by Crippen LogP contribution is -2.09. The van der Waals surface area contributed by atoms with Gasteiger partial charge in [-0.25, -0.2) is 0 Å². The lowest BCUT2D eigenvalue weighted by Gasteiger charge is -2.24. The van der Waals surface area contributed by atoms with E-state index in [-0.39, 0.29) is 0 Å². The van der Waals surface area contributed by atoms with Crippen LogP contribution in [0.4, 0.5) is 0 Å². The van der Waals surface area contributed by atoms with Gasteiger partial charge >= 0.3 is 0 Å². The van der Waals surface area contributed by atoms with Crippen molar-refractivity contribution in [1.82, 2.24) is 0 Å². The summed E-state index contributed by atoms with van der Waals surface area (Å²) in [6, 6.07) is 59.9. The first-order valence-corrected chi connectivity index (χ1v) is 19.6. The normalized spacial score (nSPS) is 15.9. The van der Waals surface area contributed by atoms with E-state index in [2.05, 4.69) is 206 Å². The number of benzene rings is 6. The third-order valence-electron chi connectivity index (χ3n) is 11.1. The van der Waals surface area contributed by atoms with Crippen LogP contribution in [0.2, 0.25) is 0 Å². The molecule has 0 radical (unpaired) electrons. The number of aryl methyl sites for hydroxylation is 1. The van der Waals surface area contributed by atoms with Crippen molar-refractivity contribution in [3.63, 3.8) is 0 Å². The maximum absolute atomic E-state index is 2.46. The predicted octanol–water partition coefficient (Wildman–Crippen LogP) is 14.3. The second-order valence-corrected chi connectivity index (χ2v) is 14.8. The number of hydrogen-bond donors (Lipinski definition) is 0. The molecule has 0 heterocycles. The van der Waals surface area contributed by atoms with Crippen LogP contribution in [0.1, 0.15) is 59.4 Å². The van der Waals surface area contributed by atoms with Gasteiger partial charge in [0.1, 0.15) is 0 Å². The van der Waals surface area contributed by atoms with Crippen LogP contribution in [-0.2, 0) is 12.8 Å². The minimum absolute atomic E-state index is 0.537. The lowest BCUT2D eigenvalue weighted by atomic mass is 9.81. The van der Waals surface area contributed by atoms with E-state index in [1.54, 1.807) is 0 Å². The fourth-order valence-corrected chi connectivity index (χ4v) is 7.97. The van der Waals surface area contributed by atoms with Crippen LogP contribution < -0.4 is 0 Å². The average molecular weight is 697 g/mol. The second kappa shape index (κ2) is 17.2. The molecule has 0 N–H and O–H groups in total. The standard InChI is InChI=1S/C54H48/c1-4-12-42(13-5-1)39-54(52-36-34-51(35-37-52)45-14-6-2-7-15-45)40-44-25-31-50(32-26-44)49-27-20-41(21-28-49)22-33-53(47-16-8-3-9-17-47)38-43-23-29-48(30-24-43)46-18-10-11-19-46/h1-10,12-21,23,25-32,34-37,40,43,53H,11,22,24,33,38-39H2. The number of hydrogen-bond acceptors (Lipinski definition) is 0. The van der Waals surface area contributed by atoms with E-state index >= 15 is 0 Å². The minimum atomic E-state index is 0.537. The van der Waals surface area contributed by atoms with Gasteiger partial charge in [-0.2, -0.15) is 0 Å². The Morgan fingerprint density at radius 2 is 1.15 bits per heavy atom. The molecule has 0 saturated carbocycles. The van der Waals surface area contributed by atoms with Crippen LogP contribution in [0.5, 0.6) is 0 Å². The quantitative estimate of drug-likeness (QED) is 0.105. The Hall–Kier alpha value is -5.98. The summed E-state index contributed by atoms with van der Waals surface area (Å²) < 4.78 is 0. The summed E-state index contributed by atoms with van der Waals surface area (Å²) in [5.74, 6) is 1.12. The van der Waals surface area contributed by atoms with Gasteiger partial charge in [0.25, 0.3) is 0 Å². The maximum atomic E-state index is 2.46. The first-order valence-electron chi connectivity index (χ1n) is 19.6. The fraction of sp³-hybridized carbons (Fsp3) is 0.148. The van der Waals surface area contributed by atoms with Gasteiger partial charge in [0.2, 0.25) is 0 Å². The Morgan fingerprint density at radius 3 is 1.78 bits per heavy atom. The summed E-state index contributed by atoms with van der Waals surface area (Å²) in [6.07, 6.45) is 22.9. The molecule has 0 fully saturated rings. The van der Waals surface area contributed by atoms with E-state index in [9.17, 15) is 0 Å². The van der Waals surface area contributed by atoms with E-state index in [0.29, 0.717) is 11.8 Å². The van der Waals surface area contributed by atoms with Crippen molar-refractivity contribution in [3.8, 4) is 22.3 Å². The molecule has 2 aliphatic carbocycles. The van der Waals surface area contributed by atoms with Crippen molar-refractivity contribution in [2.24, 2.45) is 5.92 Å². The van der Waals surface area contributed by atoms with Gasteiger partial charge in [0, 0.05) is 0 Å². The fourth-order valence-electron chi connectivity index (χ4n) is 7.97. The van der Waals surface area contributed by atoms with E-state index < -0.39 is 0 Å². The van der Waals surface area contributed by atoms with E-state index in [1.807, 2.05) is 0 Å². The Morgan fingerprint density at radius 1 is 0.556 bits per heavy atom. The molecule has 6 aromatic rings. The highest BCUT2D eigenvalue weighted by molar-refractivity contribution is 5.84. The van der Waals surface area contributed by atoms with Gasteiger partial charge in [-0.15, -0.1) is 0 Å². The Balaban J connectivity index is 0.937. The minimum Gasteiger partial charge on any atom is -0.0805 e. The molecule has 0 bridgehead atoms. The molecular formula is C54H48. The highest BCUT2D eigenvalue weighted by Crippen LogP contribution is 2.35. The molecule has 0 aliphatic heterocycles. The third-order valence-corrected chi connectivity index (χ3v) is 11.1. The summed E-state index contributed by atoms with van der Waals surface area (Å²) in [4.78, 5) is 0. The molecule has 2 aliphatic rings. The van der Waals surface area contributed by atoms with Crippen molar-refractivity contribution in [3.05, 3.63) is 239 Å². The molecule has 0 saturated heterocycles. The summed E-state index contributed by atoms with van der Waals surface area (Å²) in [7, 11) is 0. The van der Waals surface area contributed by atoms with Crippen molar-refractivity contribution < 1.29 is 0 Å². The molecule has 6 aromatic carbocycles. The van der Waals surface area contributed by atoms with E-state index in [4.69, 9.17) is 0 Å². The van der Waals surface area contributed by atoms with E-state index in [0.717, 1.165) is 32.1 Å². The third kappa shape index (κ3) is 8.96. The van der Waals surface area contributed by atoms with Gasteiger partial charge in [0.05, 0.1) is 0 Å². The summed E-state index contributed by atoms with van der Waals surface area (Å²) in [6.45, 7) is 0. The van der Waals surface area contributed by atoms with Gasteiger partial charge in [-0.1, -0.05) is 206 Å². The lowest BCUT2D eigenvalue weighted by molar-refractivity contribution is 0.482. The first-order chi connectivity index (χ1) is 26.7. The van der Waals surface area contributed by atoms with Crippen LogP contribution in [0, 0.1) is 5.92 Å². The van der Waals surface area contributed by atoms with Gasteiger partial charge in [0.15, 0.2) is 0 Å². The first kappa shape index (κ1) is 35.1. The zero-order valence-electron chi connectivity index (χ0n) is 31.0. The van der Waals surface area contributed by atoms with Crippen LogP contribution in [0.3, 0.4) is 0 Å². The molecule has 0 aromatic heterocycles. The number of allylic oxidation sites excluding steroid dienone is 9. The Kier molecular flexibility index (Phi) is 11.2. The molecule has 8 rings (SSSR count). The SMILES string of the molecule is C1=CC(C2=CCC(CC(CCc3ccc(-c4ccc(C=C(Cc5ccccc5)c5ccc(-c6ccccc6)cc5)cc4)cc3)c3ccccc3)C=C2)=CC1. The monoisotopic (exact) mass is 696 g/mol. The molecule has 0 amide bonds. The van der Waals surface area contributed by atoms with Crippen LogP contribution in [0.25, 0.3) is 33.9 Å². The van der Waals surface area contributed by atoms with Crippen molar-refractivity contribution >= 4 is 11.6 Å². The highest BCUT2D eigenvalue weighted by Gasteiger charge is 2.19. The zero-order valence-corrected chi connectivity index (χ0v) is 31.0. The van der Waals surface area contributed by atoms with Crippen molar-refractivity contribution in [2.75, 3.05) is 0 Å². The molecule has 264 valence electrons. The van der Waals surface area contributed by atoms with Gasteiger partial charge in [-0.05, 0) is 117 Å². The van der Waals surface area contributed by atoms with Crippen LogP contribution in [0.15, 0.2) is 211 Å². The van der Waals surface area contributed by atoms with Crippen molar-refractivity contribution in [1.29, 1.82) is 0 Å². The van der Waals surface area contributed by atoms with E-state index in [1.165, 1.54) is 73.2 Å². The maximum Gasteiger partial charge on any atom is -0.00196 e. The average Bonchev–Trinajstić information content (AvgIpc) is 3.80. The molecule has 2 atom stereocenters. The van der Waals surface area contributed by atoms with Crippen LogP contribution in [-0.4, -0.2) is 0 Å². The second-order valence-electron chi connectivity index (χ2n) is 14.8. The Bertz CT molecular complexity index is 2260. The molecule has 54 heavy (non-hydrogen) atoms. The largest absolute Gasteiger partial charge is 0.0805 e. The van der Waals surface area contributed by atoms with Crippen molar-refractivity contribution in [2.45, 2.75) is 44.4 Å². The molecule has 0 heteroatoms. The smallest absolute Gasteiger partial charge is 0.00196 e. The Labute approximate surface area is 322 Å². The highest BCUT2D eigenvalue weighted by atomic mass is 14.2. The van der Waals surface area contributed by atoms with Gasteiger partial charge < -0.3 is 0 Å². The molecule has 0 spiro atoms. The number of rotatable bonds is 13. The summed E-state index contributed by atoms with van der Waals surface area (Å²) in [5, 5.41) is 0. The zero-order chi connectivity index (χ0) is 36.4. The molecule has 0 nitrogen and oxygen atoms in total. The summed E-state index contributed by atoms with van der Waals surface area (Å²) in [5.41, 5.74) is 15.7. The van der Waals surface area contributed by atoms with Crippen LogP contribution >= 0.6 is 0 Å². The molecule has 2 unspecified atom stereocenters. The summed E-state index contributed by atoms with van der Waals surface area (Å²) >= 11 is 0. The van der Waals surface area contributed by atoms with Gasteiger partial charge in [-0.3, -0.25) is 0 Å².